The fraction of sp³-hybridized carbons (Fsp3) is 0.250. The minimum absolute atomic E-state index is 0.0769. The third-order valence-corrected chi connectivity index (χ3v) is 8.46. The van der Waals surface area contributed by atoms with Gasteiger partial charge in [0.25, 0.3) is 15.9 Å². The van der Waals surface area contributed by atoms with Gasteiger partial charge >= 0.3 is 0 Å². The van der Waals surface area contributed by atoms with Crippen LogP contribution in [0.1, 0.15) is 42.9 Å². The molecule has 0 spiro atoms. The summed E-state index contributed by atoms with van der Waals surface area (Å²) in [5.74, 6) is -0.280. The lowest BCUT2D eigenvalue weighted by atomic mass is 9.87. The van der Waals surface area contributed by atoms with Crippen molar-refractivity contribution in [3.63, 3.8) is 0 Å². The Hall–Kier alpha value is -3.20. The third kappa shape index (κ3) is 5.46. The Balaban J connectivity index is 1.74. The van der Waals surface area contributed by atoms with Crippen LogP contribution in [0.25, 0.3) is 21.2 Å². The number of sulfonamides is 1. The van der Waals surface area contributed by atoms with Gasteiger partial charge in [0, 0.05) is 27.4 Å². The lowest BCUT2D eigenvalue weighted by Crippen LogP contribution is -2.34. The number of nitrogens with one attached hydrogen (secondary N) is 2. The molecule has 1 heterocycles. The van der Waals surface area contributed by atoms with Crippen LogP contribution < -0.4 is 10.0 Å². The first kappa shape index (κ1) is 25.9. The van der Waals surface area contributed by atoms with Crippen molar-refractivity contribution in [2.45, 2.75) is 44.0 Å². The number of benzene rings is 3. The zero-order chi connectivity index (χ0) is 26.1. The van der Waals surface area contributed by atoms with Crippen LogP contribution in [0.4, 0.5) is 5.69 Å². The standard InChI is InChI=1S/C28H30N2O4S2/c1-18(17-31)29-27(32)26-25(19-8-6-5-7-9-19)23-16-21(12-15-24(23)35-26)30-36(33,34)22-13-10-20(11-14-22)28(2,3)4/h5-16,18,30-31H,17H2,1-4H3,(H,29,32). The first-order valence-corrected chi connectivity index (χ1v) is 14.0. The van der Waals surface area contributed by atoms with Crippen molar-refractivity contribution in [3.8, 4) is 11.1 Å². The molecule has 0 aliphatic heterocycles. The highest BCUT2D eigenvalue weighted by Crippen LogP contribution is 2.40. The van der Waals surface area contributed by atoms with Crippen LogP contribution in [0, 0.1) is 0 Å². The molecule has 0 fully saturated rings. The maximum absolute atomic E-state index is 13.1. The van der Waals surface area contributed by atoms with Crippen molar-refractivity contribution in [1.29, 1.82) is 0 Å². The van der Waals surface area contributed by atoms with E-state index in [0.29, 0.717) is 10.6 Å². The Morgan fingerprint density at radius 3 is 2.28 bits per heavy atom. The quantitative estimate of drug-likeness (QED) is 0.287. The van der Waals surface area contributed by atoms with Crippen molar-refractivity contribution < 1.29 is 18.3 Å². The molecule has 0 saturated heterocycles. The number of anilines is 1. The van der Waals surface area contributed by atoms with Gasteiger partial charge < -0.3 is 10.4 Å². The van der Waals surface area contributed by atoms with Crippen molar-refractivity contribution in [3.05, 3.63) is 83.2 Å². The molecular formula is C28H30N2O4S2. The molecule has 0 saturated carbocycles. The minimum Gasteiger partial charge on any atom is -0.394 e. The second-order valence-corrected chi connectivity index (χ2v) is 12.6. The molecule has 1 amide bonds. The molecule has 4 rings (SSSR count). The maximum Gasteiger partial charge on any atom is 0.262 e. The summed E-state index contributed by atoms with van der Waals surface area (Å²) in [7, 11) is -3.80. The molecule has 4 aromatic rings. The molecule has 3 N–H and O–H groups in total. The molecule has 0 bridgehead atoms. The fourth-order valence-corrected chi connectivity index (χ4v) is 6.05. The predicted octanol–water partition coefficient (Wildman–Crippen LogP) is 5.78. The molecular weight excluding hydrogens is 492 g/mol. The van der Waals surface area contributed by atoms with Crippen molar-refractivity contribution in [2.75, 3.05) is 11.3 Å². The van der Waals surface area contributed by atoms with Gasteiger partial charge in [0.2, 0.25) is 0 Å². The molecule has 1 aromatic heterocycles. The summed E-state index contributed by atoms with van der Waals surface area (Å²) in [4.78, 5) is 13.7. The van der Waals surface area contributed by atoms with Gasteiger partial charge in [0.1, 0.15) is 4.88 Å². The summed E-state index contributed by atoms with van der Waals surface area (Å²) < 4.78 is 29.8. The van der Waals surface area contributed by atoms with E-state index in [0.717, 1.165) is 26.8 Å². The minimum atomic E-state index is -3.80. The number of hydrogen-bond donors (Lipinski definition) is 3. The van der Waals surface area contributed by atoms with Crippen LogP contribution in [0.2, 0.25) is 0 Å². The van der Waals surface area contributed by atoms with Gasteiger partial charge in [-0.25, -0.2) is 8.42 Å². The number of rotatable bonds is 7. The molecule has 188 valence electrons. The molecule has 36 heavy (non-hydrogen) atoms. The van der Waals surface area contributed by atoms with Crippen LogP contribution in [-0.4, -0.2) is 32.1 Å². The van der Waals surface area contributed by atoms with Gasteiger partial charge in [0.15, 0.2) is 0 Å². The topological polar surface area (TPSA) is 95.5 Å². The average molecular weight is 523 g/mol. The molecule has 0 radical (unpaired) electrons. The number of aliphatic hydroxyl groups excluding tert-OH is 1. The molecule has 0 aliphatic rings. The highest BCUT2D eigenvalue weighted by molar-refractivity contribution is 7.92. The summed E-state index contributed by atoms with van der Waals surface area (Å²) in [6.07, 6.45) is 0. The molecule has 0 aliphatic carbocycles. The zero-order valence-electron chi connectivity index (χ0n) is 20.7. The Morgan fingerprint density at radius 2 is 1.67 bits per heavy atom. The van der Waals surface area contributed by atoms with E-state index in [1.807, 2.05) is 48.5 Å². The smallest absolute Gasteiger partial charge is 0.262 e. The van der Waals surface area contributed by atoms with Crippen LogP contribution in [0.3, 0.4) is 0 Å². The van der Waals surface area contributed by atoms with Crippen LogP contribution in [0.15, 0.2) is 77.7 Å². The molecule has 8 heteroatoms. The predicted molar refractivity (Wildman–Crippen MR) is 147 cm³/mol. The van der Waals surface area contributed by atoms with Crippen LogP contribution in [0.5, 0.6) is 0 Å². The largest absolute Gasteiger partial charge is 0.394 e. The van der Waals surface area contributed by atoms with Crippen molar-refractivity contribution >= 4 is 43.0 Å². The van der Waals surface area contributed by atoms with Crippen molar-refractivity contribution in [2.24, 2.45) is 0 Å². The Morgan fingerprint density at radius 1 is 1.00 bits per heavy atom. The third-order valence-electron chi connectivity index (χ3n) is 5.89. The number of carbonyl (C=O) groups excluding carboxylic acids is 1. The number of amides is 1. The van der Waals surface area contributed by atoms with Gasteiger partial charge in [-0.1, -0.05) is 63.2 Å². The van der Waals surface area contributed by atoms with Crippen LogP contribution >= 0.6 is 11.3 Å². The van der Waals surface area contributed by atoms with E-state index in [4.69, 9.17) is 0 Å². The van der Waals surface area contributed by atoms with Crippen LogP contribution in [-0.2, 0) is 15.4 Å². The molecule has 1 unspecified atom stereocenters. The number of aliphatic hydroxyl groups is 1. The number of carbonyl (C=O) groups is 1. The summed E-state index contributed by atoms with van der Waals surface area (Å²) in [6, 6.07) is 21.3. The maximum atomic E-state index is 13.1. The first-order chi connectivity index (χ1) is 17.0. The number of hydrogen-bond acceptors (Lipinski definition) is 5. The zero-order valence-corrected chi connectivity index (χ0v) is 22.3. The van der Waals surface area contributed by atoms with E-state index in [9.17, 15) is 18.3 Å². The van der Waals surface area contributed by atoms with Crippen molar-refractivity contribution in [1.82, 2.24) is 5.32 Å². The van der Waals surface area contributed by atoms with Gasteiger partial charge in [-0.15, -0.1) is 11.3 Å². The molecule has 1 atom stereocenters. The lowest BCUT2D eigenvalue weighted by molar-refractivity contribution is 0.0927. The highest BCUT2D eigenvalue weighted by atomic mass is 32.2. The number of thiophene rings is 1. The normalized spacial score (nSPS) is 12.9. The van der Waals surface area contributed by atoms with Gasteiger partial charge in [-0.3, -0.25) is 9.52 Å². The van der Waals surface area contributed by atoms with Gasteiger partial charge in [-0.2, -0.15) is 0 Å². The van der Waals surface area contributed by atoms with E-state index in [1.54, 1.807) is 31.2 Å². The monoisotopic (exact) mass is 522 g/mol. The summed E-state index contributed by atoms with van der Waals surface area (Å²) in [5.41, 5.74) is 2.96. The molecule has 6 nitrogen and oxygen atoms in total. The Kier molecular flexibility index (Phi) is 7.22. The fourth-order valence-electron chi connectivity index (χ4n) is 3.90. The summed E-state index contributed by atoms with van der Waals surface area (Å²) >= 11 is 1.34. The summed E-state index contributed by atoms with van der Waals surface area (Å²) in [6.45, 7) is 7.80. The van der Waals surface area contributed by atoms with E-state index in [-0.39, 0.29) is 22.8 Å². The van der Waals surface area contributed by atoms with E-state index >= 15 is 0 Å². The second-order valence-electron chi connectivity index (χ2n) is 9.82. The van der Waals surface area contributed by atoms with Gasteiger partial charge in [-0.05, 0) is 53.8 Å². The van der Waals surface area contributed by atoms with E-state index in [1.165, 1.54) is 11.3 Å². The second kappa shape index (κ2) is 10.0. The van der Waals surface area contributed by atoms with Gasteiger partial charge in [0.05, 0.1) is 11.5 Å². The SMILES string of the molecule is CC(CO)NC(=O)c1sc2ccc(NS(=O)(=O)c3ccc(C(C)(C)C)cc3)cc2c1-c1ccccc1. The number of fused-ring (bicyclic) bond motifs is 1. The Labute approximate surface area is 216 Å². The molecule has 3 aromatic carbocycles. The average Bonchev–Trinajstić information content (AvgIpc) is 3.23. The van der Waals surface area contributed by atoms with E-state index in [2.05, 4.69) is 30.8 Å². The Bertz CT molecular complexity index is 1490. The highest BCUT2D eigenvalue weighted by Gasteiger charge is 2.22. The first-order valence-electron chi connectivity index (χ1n) is 11.7. The lowest BCUT2D eigenvalue weighted by Gasteiger charge is -2.19. The van der Waals surface area contributed by atoms with E-state index < -0.39 is 16.1 Å². The summed E-state index contributed by atoms with van der Waals surface area (Å²) in [5, 5.41) is 13.0.